The van der Waals surface area contributed by atoms with Crippen molar-refractivity contribution in [2.75, 3.05) is 24.4 Å². The number of ether oxygens (including phenoxy) is 1. The summed E-state index contributed by atoms with van der Waals surface area (Å²) >= 11 is 3.24. The molecule has 0 saturated carbocycles. The van der Waals surface area contributed by atoms with Gasteiger partial charge in [0.15, 0.2) is 0 Å². The Morgan fingerprint density at radius 2 is 1.68 bits per heavy atom. The number of rotatable bonds is 9. The SMILES string of the molecule is CCOc1ccc(NS(=O)(=O)c2cccc(Br)c2)cc1S(=O)(=O)N(CC)CC. The van der Waals surface area contributed by atoms with Gasteiger partial charge in [-0.3, -0.25) is 4.72 Å². The van der Waals surface area contributed by atoms with E-state index in [1.165, 1.54) is 34.6 Å². The molecule has 28 heavy (non-hydrogen) atoms. The summed E-state index contributed by atoms with van der Waals surface area (Å²) in [5, 5.41) is 0. The van der Waals surface area contributed by atoms with Crippen molar-refractivity contribution in [3.63, 3.8) is 0 Å². The van der Waals surface area contributed by atoms with Crippen molar-refractivity contribution in [1.82, 2.24) is 4.31 Å². The van der Waals surface area contributed by atoms with Crippen LogP contribution < -0.4 is 9.46 Å². The van der Waals surface area contributed by atoms with Crippen molar-refractivity contribution in [2.24, 2.45) is 0 Å². The molecule has 2 aromatic rings. The van der Waals surface area contributed by atoms with E-state index in [0.717, 1.165) is 0 Å². The molecule has 0 aliphatic carbocycles. The zero-order valence-corrected chi connectivity index (χ0v) is 19.1. The highest BCUT2D eigenvalue weighted by Gasteiger charge is 2.27. The molecule has 1 N–H and O–H groups in total. The first-order valence-corrected chi connectivity index (χ1v) is 12.4. The molecule has 0 atom stereocenters. The third-order valence-electron chi connectivity index (χ3n) is 3.93. The van der Waals surface area contributed by atoms with Gasteiger partial charge >= 0.3 is 0 Å². The van der Waals surface area contributed by atoms with Crippen LogP contribution in [0.5, 0.6) is 5.75 Å². The molecule has 0 aromatic heterocycles. The zero-order chi connectivity index (χ0) is 20.9. The lowest BCUT2D eigenvalue weighted by Crippen LogP contribution is -2.31. The second kappa shape index (κ2) is 9.25. The van der Waals surface area contributed by atoms with Crippen molar-refractivity contribution >= 4 is 41.7 Å². The fourth-order valence-electron chi connectivity index (χ4n) is 2.60. The molecule has 0 spiro atoms. The van der Waals surface area contributed by atoms with Crippen molar-refractivity contribution in [3.8, 4) is 5.75 Å². The molecular weight excluding hydrogens is 468 g/mol. The van der Waals surface area contributed by atoms with Crippen LogP contribution in [0.1, 0.15) is 20.8 Å². The van der Waals surface area contributed by atoms with E-state index >= 15 is 0 Å². The van der Waals surface area contributed by atoms with Gasteiger partial charge in [0.05, 0.1) is 17.2 Å². The Kier molecular flexibility index (Phi) is 7.49. The minimum Gasteiger partial charge on any atom is -0.492 e. The Morgan fingerprint density at radius 3 is 2.25 bits per heavy atom. The molecule has 10 heteroatoms. The molecule has 0 saturated heterocycles. The van der Waals surface area contributed by atoms with Crippen molar-refractivity contribution < 1.29 is 21.6 Å². The minimum atomic E-state index is -3.88. The van der Waals surface area contributed by atoms with Crippen molar-refractivity contribution in [1.29, 1.82) is 0 Å². The highest BCUT2D eigenvalue weighted by Crippen LogP contribution is 2.31. The molecular formula is C18H23BrN2O5S2. The topological polar surface area (TPSA) is 92.8 Å². The standard InChI is InChI=1S/C18H23BrN2O5S2/c1-4-21(5-2)28(24,25)18-13-15(10-11-17(18)26-6-3)20-27(22,23)16-9-7-8-14(19)12-16/h7-13,20H,4-6H2,1-3H3. The molecule has 0 aliphatic heterocycles. The number of anilines is 1. The van der Waals surface area contributed by atoms with E-state index in [-0.39, 0.29) is 27.8 Å². The van der Waals surface area contributed by atoms with Gasteiger partial charge in [-0.15, -0.1) is 0 Å². The van der Waals surface area contributed by atoms with Crippen LogP contribution >= 0.6 is 15.9 Å². The molecule has 2 aromatic carbocycles. The van der Waals surface area contributed by atoms with Gasteiger partial charge in [0, 0.05) is 17.6 Å². The number of hydrogen-bond acceptors (Lipinski definition) is 5. The van der Waals surface area contributed by atoms with E-state index in [4.69, 9.17) is 4.74 Å². The summed E-state index contributed by atoms with van der Waals surface area (Å²) in [7, 11) is -7.72. The highest BCUT2D eigenvalue weighted by molar-refractivity contribution is 9.10. The lowest BCUT2D eigenvalue weighted by atomic mass is 10.3. The van der Waals surface area contributed by atoms with Crippen LogP contribution in [-0.2, 0) is 20.0 Å². The van der Waals surface area contributed by atoms with Gasteiger partial charge in [-0.1, -0.05) is 35.8 Å². The average Bonchev–Trinajstić information content (AvgIpc) is 2.63. The third-order valence-corrected chi connectivity index (χ3v) is 7.87. The first kappa shape index (κ1) is 22.7. The predicted molar refractivity (Wildman–Crippen MR) is 113 cm³/mol. The molecule has 2 rings (SSSR count). The van der Waals surface area contributed by atoms with Crippen molar-refractivity contribution in [3.05, 3.63) is 46.9 Å². The van der Waals surface area contributed by atoms with E-state index in [2.05, 4.69) is 20.7 Å². The number of benzene rings is 2. The summed E-state index contributed by atoms with van der Waals surface area (Å²) < 4.78 is 61.1. The van der Waals surface area contributed by atoms with Crippen LogP contribution in [0.25, 0.3) is 0 Å². The fourth-order valence-corrected chi connectivity index (χ4v) is 5.86. The number of nitrogens with zero attached hydrogens (tertiary/aromatic N) is 1. The lowest BCUT2D eigenvalue weighted by Gasteiger charge is -2.21. The van der Waals surface area contributed by atoms with Crippen LogP contribution in [-0.4, -0.2) is 40.8 Å². The normalized spacial score (nSPS) is 12.2. The Morgan fingerprint density at radius 1 is 1.00 bits per heavy atom. The first-order valence-electron chi connectivity index (χ1n) is 8.71. The number of hydrogen-bond donors (Lipinski definition) is 1. The van der Waals surface area contributed by atoms with Crippen LogP contribution in [0.3, 0.4) is 0 Å². The van der Waals surface area contributed by atoms with Gasteiger partial charge in [-0.05, 0) is 43.3 Å². The monoisotopic (exact) mass is 490 g/mol. The summed E-state index contributed by atoms with van der Waals surface area (Å²) in [6.45, 7) is 6.08. The first-order chi connectivity index (χ1) is 13.2. The van der Waals surface area contributed by atoms with Crippen LogP contribution in [0.15, 0.2) is 56.7 Å². The van der Waals surface area contributed by atoms with E-state index < -0.39 is 20.0 Å². The minimum absolute atomic E-state index is 0.0592. The van der Waals surface area contributed by atoms with E-state index in [1.807, 2.05) is 0 Å². The van der Waals surface area contributed by atoms with E-state index in [1.54, 1.807) is 32.9 Å². The smallest absolute Gasteiger partial charge is 0.261 e. The Labute approximate surface area is 174 Å². The molecule has 0 amide bonds. The Bertz CT molecular complexity index is 1040. The second-order valence-electron chi connectivity index (χ2n) is 5.75. The largest absolute Gasteiger partial charge is 0.492 e. The van der Waals surface area contributed by atoms with Gasteiger partial charge in [0.1, 0.15) is 10.6 Å². The summed E-state index contributed by atoms with van der Waals surface area (Å²) in [6.07, 6.45) is 0. The molecule has 0 radical (unpaired) electrons. The molecule has 0 unspecified atom stereocenters. The van der Waals surface area contributed by atoms with E-state index in [9.17, 15) is 16.8 Å². The zero-order valence-electron chi connectivity index (χ0n) is 15.8. The van der Waals surface area contributed by atoms with Crippen molar-refractivity contribution in [2.45, 2.75) is 30.6 Å². The summed E-state index contributed by atoms with van der Waals surface area (Å²) in [5.74, 6) is 0.180. The highest BCUT2D eigenvalue weighted by atomic mass is 79.9. The molecule has 154 valence electrons. The van der Waals surface area contributed by atoms with E-state index in [0.29, 0.717) is 17.6 Å². The maximum absolute atomic E-state index is 13.0. The molecule has 0 bridgehead atoms. The third kappa shape index (κ3) is 5.05. The lowest BCUT2D eigenvalue weighted by molar-refractivity contribution is 0.329. The van der Waals surface area contributed by atoms with Gasteiger partial charge in [0.2, 0.25) is 10.0 Å². The van der Waals surface area contributed by atoms with Gasteiger partial charge in [-0.2, -0.15) is 4.31 Å². The average molecular weight is 491 g/mol. The second-order valence-corrected chi connectivity index (χ2v) is 10.3. The predicted octanol–water partition coefficient (Wildman–Crippen LogP) is 3.68. The number of nitrogens with one attached hydrogen (secondary N) is 1. The molecule has 0 heterocycles. The Balaban J connectivity index is 2.50. The van der Waals surface area contributed by atoms with Crippen LogP contribution in [0.4, 0.5) is 5.69 Å². The summed E-state index contributed by atoms with van der Waals surface area (Å²) in [4.78, 5) is -0.0172. The summed E-state index contributed by atoms with van der Waals surface area (Å²) in [5.41, 5.74) is 0.133. The molecule has 7 nitrogen and oxygen atoms in total. The van der Waals surface area contributed by atoms with Gasteiger partial charge < -0.3 is 4.74 Å². The van der Waals surface area contributed by atoms with Crippen LogP contribution in [0, 0.1) is 0 Å². The number of halogens is 1. The molecule has 0 fully saturated rings. The summed E-state index contributed by atoms with van der Waals surface area (Å²) in [6, 6.07) is 10.5. The molecule has 0 aliphatic rings. The quantitative estimate of drug-likeness (QED) is 0.578. The number of sulfonamides is 2. The van der Waals surface area contributed by atoms with Crippen LogP contribution in [0.2, 0.25) is 0 Å². The maximum atomic E-state index is 13.0. The van der Waals surface area contributed by atoms with Gasteiger partial charge in [-0.25, -0.2) is 16.8 Å². The van der Waals surface area contributed by atoms with Gasteiger partial charge in [0.25, 0.3) is 10.0 Å². The Hall–Kier alpha value is -1.62. The maximum Gasteiger partial charge on any atom is 0.261 e. The fraction of sp³-hybridized carbons (Fsp3) is 0.333.